The fourth-order valence-electron chi connectivity index (χ4n) is 3.31. The topological polar surface area (TPSA) is 64.6 Å². The van der Waals surface area contributed by atoms with Crippen LogP contribution in [0.2, 0.25) is 0 Å². The van der Waals surface area contributed by atoms with Gasteiger partial charge in [0.1, 0.15) is 16.4 Å². The Labute approximate surface area is 158 Å². The second-order valence-corrected chi connectivity index (χ2v) is 9.34. The van der Waals surface area contributed by atoms with Gasteiger partial charge in [0.2, 0.25) is 4.96 Å². The number of imidazole rings is 1. The number of nitrogens with zero attached hydrogens (tertiary/aromatic N) is 5. The summed E-state index contributed by atoms with van der Waals surface area (Å²) in [5.41, 5.74) is 6.98. The van der Waals surface area contributed by atoms with Crippen LogP contribution in [0.15, 0.2) is 11.1 Å². The summed E-state index contributed by atoms with van der Waals surface area (Å²) in [6.07, 6.45) is 1.88. The zero-order chi connectivity index (χ0) is 18.7. The molecule has 0 saturated carbocycles. The molecule has 0 saturated heterocycles. The lowest BCUT2D eigenvalue weighted by Gasteiger charge is -2.12. The highest BCUT2D eigenvalue weighted by Crippen LogP contribution is 2.34. The highest BCUT2D eigenvalue weighted by molar-refractivity contribution is 7.85. The van der Waals surface area contributed by atoms with Crippen molar-refractivity contribution in [3.8, 4) is 11.4 Å². The molecule has 0 aliphatic heterocycles. The van der Waals surface area contributed by atoms with E-state index in [1.165, 1.54) is 22.5 Å². The molecule has 0 N–H and O–H groups in total. The highest BCUT2D eigenvalue weighted by atomic mass is 32.2. The van der Waals surface area contributed by atoms with Crippen LogP contribution < -0.4 is 0 Å². The molecule has 1 atom stereocenters. The molecule has 0 bridgehead atoms. The van der Waals surface area contributed by atoms with Crippen molar-refractivity contribution in [3.05, 3.63) is 33.6 Å². The Morgan fingerprint density at radius 1 is 1.08 bits per heavy atom. The molecule has 0 fully saturated rings. The van der Waals surface area contributed by atoms with Gasteiger partial charge in [0, 0.05) is 11.4 Å². The van der Waals surface area contributed by atoms with Crippen molar-refractivity contribution in [2.24, 2.45) is 0 Å². The Balaban J connectivity index is 2.11. The summed E-state index contributed by atoms with van der Waals surface area (Å²) < 4.78 is 16.7. The maximum Gasteiger partial charge on any atom is 0.212 e. The van der Waals surface area contributed by atoms with Crippen molar-refractivity contribution in [1.82, 2.24) is 24.2 Å². The molecule has 0 aliphatic carbocycles. The van der Waals surface area contributed by atoms with Gasteiger partial charge in [-0.3, -0.25) is 4.21 Å². The molecule has 4 rings (SSSR count). The fraction of sp³-hybridized carbons (Fsp3) is 0.389. The van der Waals surface area contributed by atoms with E-state index < -0.39 is 10.8 Å². The Kier molecular flexibility index (Phi) is 4.00. The zero-order valence-electron chi connectivity index (χ0n) is 15.7. The van der Waals surface area contributed by atoms with E-state index in [9.17, 15) is 4.21 Å². The molecule has 136 valence electrons. The Morgan fingerprint density at radius 3 is 2.46 bits per heavy atom. The summed E-state index contributed by atoms with van der Waals surface area (Å²) in [6.45, 7) is 12.2. The number of pyridine rings is 1. The molecule has 0 aliphatic rings. The molecule has 8 heteroatoms. The third-order valence-electron chi connectivity index (χ3n) is 5.06. The van der Waals surface area contributed by atoms with E-state index >= 15 is 0 Å². The van der Waals surface area contributed by atoms with Crippen LogP contribution in [0.3, 0.4) is 0 Å². The van der Waals surface area contributed by atoms with Crippen LogP contribution in [-0.4, -0.2) is 34.2 Å². The molecule has 4 heterocycles. The lowest BCUT2D eigenvalue weighted by Crippen LogP contribution is -2.03. The molecule has 4 aromatic rings. The van der Waals surface area contributed by atoms with E-state index in [4.69, 9.17) is 5.10 Å². The molecule has 0 spiro atoms. The van der Waals surface area contributed by atoms with Crippen LogP contribution >= 0.6 is 11.3 Å². The first-order valence-corrected chi connectivity index (χ1v) is 10.7. The summed E-state index contributed by atoms with van der Waals surface area (Å²) in [5, 5.41) is 10.2. The van der Waals surface area contributed by atoms with Gasteiger partial charge in [-0.1, -0.05) is 18.3 Å². The number of fused-ring (bicyclic) bond motifs is 2. The SMILES string of the molecule is CCS(=O)c1c(-c2cn3nc(C)sc3n2)nn2c(C)c(C)c(C)c(C)c12. The molecule has 26 heavy (non-hydrogen) atoms. The van der Waals surface area contributed by atoms with E-state index in [0.29, 0.717) is 11.4 Å². The first kappa shape index (κ1) is 17.4. The molecule has 0 amide bonds. The molecule has 0 aromatic carbocycles. The average molecular weight is 388 g/mol. The van der Waals surface area contributed by atoms with E-state index in [1.54, 1.807) is 4.52 Å². The van der Waals surface area contributed by atoms with Gasteiger partial charge in [-0.15, -0.1) is 0 Å². The molecule has 4 aromatic heterocycles. The largest absolute Gasteiger partial charge is 0.254 e. The lowest BCUT2D eigenvalue weighted by atomic mass is 10.0. The fourth-order valence-corrected chi connectivity index (χ4v) is 5.13. The summed E-state index contributed by atoms with van der Waals surface area (Å²) in [5.74, 6) is 0.541. The number of aromatic nitrogens is 5. The minimum atomic E-state index is -1.14. The van der Waals surface area contributed by atoms with Gasteiger partial charge in [0.25, 0.3) is 0 Å². The van der Waals surface area contributed by atoms with E-state index in [2.05, 4.69) is 37.8 Å². The maximum absolute atomic E-state index is 13.0. The standard InChI is InChI=1S/C18H21N5OS2/c1-7-26(24)17-15(14-8-22-18(19-14)25-13(6)20-22)21-23-12(5)10(3)9(2)11(4)16(17)23/h8H,7H2,1-6H3. The van der Waals surface area contributed by atoms with Crippen LogP contribution in [-0.2, 0) is 10.8 Å². The summed E-state index contributed by atoms with van der Waals surface area (Å²) in [4.78, 5) is 6.29. The van der Waals surface area contributed by atoms with Crippen LogP contribution in [0, 0.1) is 34.6 Å². The number of rotatable bonds is 3. The normalized spacial score (nSPS) is 13.2. The highest BCUT2D eigenvalue weighted by Gasteiger charge is 2.25. The number of hydrogen-bond acceptors (Lipinski definition) is 5. The monoisotopic (exact) mass is 387 g/mol. The van der Waals surface area contributed by atoms with Crippen LogP contribution in [0.4, 0.5) is 0 Å². The smallest absolute Gasteiger partial charge is 0.212 e. The van der Waals surface area contributed by atoms with Crippen LogP contribution in [0.1, 0.15) is 34.3 Å². The van der Waals surface area contributed by atoms with Crippen LogP contribution in [0.5, 0.6) is 0 Å². The zero-order valence-corrected chi connectivity index (χ0v) is 17.4. The van der Waals surface area contributed by atoms with Crippen molar-refractivity contribution in [2.45, 2.75) is 46.4 Å². The van der Waals surface area contributed by atoms with Crippen molar-refractivity contribution < 1.29 is 4.21 Å². The first-order chi connectivity index (χ1) is 12.3. The molecular weight excluding hydrogens is 366 g/mol. The third-order valence-corrected chi connectivity index (χ3v) is 7.26. The lowest BCUT2D eigenvalue weighted by molar-refractivity contribution is 0.684. The second-order valence-electron chi connectivity index (χ2n) is 6.51. The summed E-state index contributed by atoms with van der Waals surface area (Å²) >= 11 is 1.54. The quantitative estimate of drug-likeness (QED) is 0.537. The van der Waals surface area contributed by atoms with Gasteiger partial charge in [-0.05, 0) is 51.3 Å². The van der Waals surface area contributed by atoms with Gasteiger partial charge in [-0.2, -0.15) is 10.2 Å². The van der Waals surface area contributed by atoms with E-state index in [-0.39, 0.29) is 0 Å². The number of aryl methyl sites for hydroxylation is 3. The van der Waals surface area contributed by atoms with Crippen molar-refractivity contribution in [1.29, 1.82) is 0 Å². The van der Waals surface area contributed by atoms with E-state index in [0.717, 1.165) is 37.3 Å². The van der Waals surface area contributed by atoms with Gasteiger partial charge < -0.3 is 0 Å². The number of hydrogen-bond donors (Lipinski definition) is 0. The maximum atomic E-state index is 13.0. The van der Waals surface area contributed by atoms with Crippen molar-refractivity contribution >= 4 is 32.6 Å². The second kappa shape index (κ2) is 5.99. The average Bonchev–Trinajstić information content (AvgIpc) is 3.27. The third kappa shape index (κ3) is 2.35. The summed E-state index contributed by atoms with van der Waals surface area (Å²) in [6, 6.07) is 0. The predicted molar refractivity (Wildman–Crippen MR) is 106 cm³/mol. The van der Waals surface area contributed by atoms with E-state index in [1.807, 2.05) is 24.6 Å². The van der Waals surface area contributed by atoms with Gasteiger partial charge in [-0.25, -0.2) is 14.0 Å². The Bertz CT molecular complexity index is 1170. The molecule has 0 radical (unpaired) electrons. The molecule has 6 nitrogen and oxygen atoms in total. The van der Waals surface area contributed by atoms with Crippen molar-refractivity contribution in [2.75, 3.05) is 5.75 Å². The minimum absolute atomic E-state index is 0.541. The van der Waals surface area contributed by atoms with Gasteiger partial charge in [0.15, 0.2) is 0 Å². The Hall–Kier alpha value is -2.06. The van der Waals surface area contributed by atoms with Crippen molar-refractivity contribution in [3.63, 3.8) is 0 Å². The summed E-state index contributed by atoms with van der Waals surface area (Å²) in [7, 11) is -1.14. The van der Waals surface area contributed by atoms with Gasteiger partial charge in [0.05, 0.1) is 27.4 Å². The predicted octanol–water partition coefficient (Wildman–Crippen LogP) is 3.78. The van der Waals surface area contributed by atoms with Crippen LogP contribution in [0.25, 0.3) is 21.9 Å². The molecule has 1 unspecified atom stereocenters. The molecular formula is C18H21N5OS2. The Morgan fingerprint density at radius 2 is 1.81 bits per heavy atom. The minimum Gasteiger partial charge on any atom is -0.254 e. The first-order valence-electron chi connectivity index (χ1n) is 8.54. The van der Waals surface area contributed by atoms with Gasteiger partial charge >= 0.3 is 0 Å².